The molecular formula is C11H13NO. The average molecular weight is 175 g/mol. The second-order valence-electron chi connectivity index (χ2n) is 3.45. The third-order valence-corrected chi connectivity index (χ3v) is 2.52. The Morgan fingerprint density at radius 3 is 3.00 bits per heavy atom. The number of hydrogen-bond acceptors (Lipinski definition) is 2. The molecule has 0 unspecified atom stereocenters. The Labute approximate surface area is 78.0 Å². The highest BCUT2D eigenvalue weighted by molar-refractivity contribution is 5.83. The average Bonchev–Trinajstić information content (AvgIpc) is 2.17. The van der Waals surface area contributed by atoms with E-state index in [9.17, 15) is 4.79 Å². The van der Waals surface area contributed by atoms with E-state index in [4.69, 9.17) is 0 Å². The summed E-state index contributed by atoms with van der Waals surface area (Å²) in [4.78, 5) is 11.3. The topological polar surface area (TPSA) is 29.1 Å². The molecule has 1 heterocycles. The number of rotatable bonds is 1. The SMILES string of the molecule is CC(=O)[C@@H]1NCCc2ccccc21. The summed E-state index contributed by atoms with van der Waals surface area (Å²) in [6, 6.07) is 8.08. The Kier molecular flexibility index (Phi) is 2.15. The van der Waals surface area contributed by atoms with Gasteiger partial charge in [-0.3, -0.25) is 4.79 Å². The monoisotopic (exact) mass is 175 g/mol. The van der Waals surface area contributed by atoms with Gasteiger partial charge in [0, 0.05) is 6.54 Å². The van der Waals surface area contributed by atoms with Crippen LogP contribution in [0, 0.1) is 0 Å². The van der Waals surface area contributed by atoms with Crippen LogP contribution in [0.4, 0.5) is 0 Å². The lowest BCUT2D eigenvalue weighted by molar-refractivity contribution is -0.119. The first kappa shape index (κ1) is 8.45. The van der Waals surface area contributed by atoms with E-state index in [-0.39, 0.29) is 11.8 Å². The van der Waals surface area contributed by atoms with Gasteiger partial charge in [0.15, 0.2) is 5.78 Å². The van der Waals surface area contributed by atoms with E-state index in [0.29, 0.717) is 0 Å². The largest absolute Gasteiger partial charge is 0.303 e. The standard InChI is InChI=1S/C11H13NO/c1-8(13)11-10-5-3-2-4-9(10)6-7-12-11/h2-5,11-12H,6-7H2,1H3/t11-/m0/s1. The molecule has 0 aliphatic carbocycles. The molecule has 1 aromatic carbocycles. The number of Topliss-reactive ketones (excluding diaryl/α,β-unsaturated/α-hetero) is 1. The zero-order valence-electron chi connectivity index (χ0n) is 7.71. The van der Waals surface area contributed by atoms with Gasteiger partial charge in [-0.1, -0.05) is 24.3 Å². The molecule has 1 N–H and O–H groups in total. The van der Waals surface area contributed by atoms with E-state index < -0.39 is 0 Å². The predicted molar refractivity (Wildman–Crippen MR) is 51.6 cm³/mol. The van der Waals surface area contributed by atoms with Crippen molar-refractivity contribution in [2.75, 3.05) is 6.54 Å². The van der Waals surface area contributed by atoms with E-state index >= 15 is 0 Å². The maximum atomic E-state index is 11.3. The Hall–Kier alpha value is -1.15. The summed E-state index contributed by atoms with van der Waals surface area (Å²) >= 11 is 0. The van der Waals surface area contributed by atoms with Crippen molar-refractivity contribution in [3.05, 3.63) is 35.4 Å². The Bertz CT molecular complexity index is 333. The molecule has 0 aromatic heterocycles. The molecule has 1 atom stereocenters. The zero-order valence-corrected chi connectivity index (χ0v) is 7.71. The Morgan fingerprint density at radius 2 is 2.23 bits per heavy atom. The van der Waals surface area contributed by atoms with E-state index in [1.165, 1.54) is 5.56 Å². The third kappa shape index (κ3) is 1.49. The summed E-state index contributed by atoms with van der Waals surface area (Å²) in [5, 5.41) is 3.23. The molecule has 68 valence electrons. The van der Waals surface area contributed by atoms with Crippen LogP contribution in [0.1, 0.15) is 24.1 Å². The smallest absolute Gasteiger partial charge is 0.151 e. The van der Waals surface area contributed by atoms with Crippen molar-refractivity contribution in [3.8, 4) is 0 Å². The molecule has 0 fully saturated rings. The van der Waals surface area contributed by atoms with Crippen molar-refractivity contribution in [3.63, 3.8) is 0 Å². The molecule has 0 amide bonds. The van der Waals surface area contributed by atoms with Gasteiger partial charge >= 0.3 is 0 Å². The number of fused-ring (bicyclic) bond motifs is 1. The highest BCUT2D eigenvalue weighted by Gasteiger charge is 2.21. The molecule has 2 heteroatoms. The zero-order chi connectivity index (χ0) is 9.26. The number of hydrogen-bond donors (Lipinski definition) is 1. The first-order valence-corrected chi connectivity index (χ1v) is 4.60. The van der Waals surface area contributed by atoms with E-state index in [1.807, 2.05) is 18.2 Å². The van der Waals surface area contributed by atoms with Crippen molar-refractivity contribution in [2.45, 2.75) is 19.4 Å². The highest BCUT2D eigenvalue weighted by Crippen LogP contribution is 2.22. The molecule has 0 radical (unpaired) electrons. The molecule has 1 aliphatic rings. The lowest BCUT2D eigenvalue weighted by Crippen LogP contribution is -2.33. The molecule has 0 spiro atoms. The van der Waals surface area contributed by atoms with E-state index in [1.54, 1.807) is 6.92 Å². The second kappa shape index (κ2) is 3.30. The summed E-state index contributed by atoms with van der Waals surface area (Å²) < 4.78 is 0. The van der Waals surface area contributed by atoms with Crippen LogP contribution >= 0.6 is 0 Å². The van der Waals surface area contributed by atoms with Gasteiger partial charge in [-0.25, -0.2) is 0 Å². The molecule has 0 saturated carbocycles. The first-order valence-electron chi connectivity index (χ1n) is 4.60. The fraction of sp³-hybridized carbons (Fsp3) is 0.364. The van der Waals surface area contributed by atoms with Gasteiger partial charge in [0.05, 0.1) is 6.04 Å². The summed E-state index contributed by atoms with van der Waals surface area (Å²) in [7, 11) is 0. The van der Waals surface area contributed by atoms with Gasteiger partial charge in [-0.15, -0.1) is 0 Å². The van der Waals surface area contributed by atoms with Gasteiger partial charge in [-0.2, -0.15) is 0 Å². The van der Waals surface area contributed by atoms with Crippen molar-refractivity contribution >= 4 is 5.78 Å². The van der Waals surface area contributed by atoms with Crippen molar-refractivity contribution in [1.29, 1.82) is 0 Å². The van der Waals surface area contributed by atoms with Gasteiger partial charge in [0.2, 0.25) is 0 Å². The highest BCUT2D eigenvalue weighted by atomic mass is 16.1. The summed E-state index contributed by atoms with van der Waals surface area (Å²) in [5.74, 6) is 0.201. The molecule has 13 heavy (non-hydrogen) atoms. The van der Waals surface area contributed by atoms with Gasteiger partial charge in [0.25, 0.3) is 0 Å². The minimum absolute atomic E-state index is 0.0788. The molecular weight excluding hydrogens is 162 g/mol. The predicted octanol–water partition coefficient (Wildman–Crippen LogP) is 1.46. The molecule has 0 bridgehead atoms. The van der Waals surface area contributed by atoms with E-state index in [2.05, 4.69) is 11.4 Å². The van der Waals surface area contributed by atoms with Crippen molar-refractivity contribution in [1.82, 2.24) is 5.32 Å². The van der Waals surface area contributed by atoms with Crippen LogP contribution < -0.4 is 5.32 Å². The summed E-state index contributed by atoms with van der Waals surface area (Å²) in [5.41, 5.74) is 2.46. The molecule has 2 nitrogen and oxygen atoms in total. The maximum absolute atomic E-state index is 11.3. The summed E-state index contributed by atoms with van der Waals surface area (Å²) in [6.45, 7) is 2.54. The second-order valence-corrected chi connectivity index (χ2v) is 3.45. The van der Waals surface area contributed by atoms with Crippen LogP contribution in [0.5, 0.6) is 0 Å². The van der Waals surface area contributed by atoms with Crippen LogP contribution in [-0.4, -0.2) is 12.3 Å². The van der Waals surface area contributed by atoms with Crippen LogP contribution in [0.2, 0.25) is 0 Å². The lowest BCUT2D eigenvalue weighted by atomic mass is 9.92. The fourth-order valence-corrected chi connectivity index (χ4v) is 1.87. The van der Waals surface area contributed by atoms with Crippen LogP contribution in [-0.2, 0) is 11.2 Å². The molecule has 1 aliphatic heterocycles. The molecule has 0 saturated heterocycles. The Morgan fingerprint density at radius 1 is 1.46 bits per heavy atom. The van der Waals surface area contributed by atoms with E-state index in [0.717, 1.165) is 18.5 Å². The Balaban J connectivity index is 2.42. The van der Waals surface area contributed by atoms with Gasteiger partial charge < -0.3 is 5.32 Å². The van der Waals surface area contributed by atoms with Gasteiger partial charge in [-0.05, 0) is 24.5 Å². The van der Waals surface area contributed by atoms with Crippen LogP contribution in [0.3, 0.4) is 0 Å². The first-order chi connectivity index (χ1) is 6.29. The number of benzene rings is 1. The van der Waals surface area contributed by atoms with Gasteiger partial charge in [0.1, 0.15) is 0 Å². The van der Waals surface area contributed by atoms with Crippen molar-refractivity contribution in [2.24, 2.45) is 0 Å². The minimum Gasteiger partial charge on any atom is -0.303 e. The van der Waals surface area contributed by atoms with Crippen molar-refractivity contribution < 1.29 is 4.79 Å². The lowest BCUT2D eigenvalue weighted by Gasteiger charge is -2.24. The maximum Gasteiger partial charge on any atom is 0.151 e. The third-order valence-electron chi connectivity index (χ3n) is 2.52. The minimum atomic E-state index is -0.0788. The number of ketones is 1. The molecule has 2 rings (SSSR count). The fourth-order valence-electron chi connectivity index (χ4n) is 1.87. The number of carbonyl (C=O) groups is 1. The summed E-state index contributed by atoms with van der Waals surface area (Å²) in [6.07, 6.45) is 1.03. The normalized spacial score (nSPS) is 20.8. The number of nitrogens with one attached hydrogen (secondary N) is 1. The molecule has 1 aromatic rings. The quantitative estimate of drug-likeness (QED) is 0.700. The number of carbonyl (C=O) groups excluding carboxylic acids is 1. The van der Waals surface area contributed by atoms with Crippen LogP contribution in [0.25, 0.3) is 0 Å². The van der Waals surface area contributed by atoms with Crippen LogP contribution in [0.15, 0.2) is 24.3 Å².